The van der Waals surface area contributed by atoms with Gasteiger partial charge in [0, 0.05) is 25.3 Å². The highest BCUT2D eigenvalue weighted by atomic mass is 35.5. The Morgan fingerprint density at radius 2 is 1.95 bits per heavy atom. The van der Waals surface area contributed by atoms with Crippen molar-refractivity contribution in [3.8, 4) is 0 Å². The molecule has 2 amide bonds. The summed E-state index contributed by atoms with van der Waals surface area (Å²) in [4.78, 5) is 27.4. The molecule has 1 rings (SSSR count). The molecule has 6 nitrogen and oxygen atoms in total. The summed E-state index contributed by atoms with van der Waals surface area (Å²) < 4.78 is 4.62. The smallest absolute Gasteiger partial charge is 0.339 e. The van der Waals surface area contributed by atoms with Gasteiger partial charge in [0.1, 0.15) is 0 Å². The molecule has 0 fully saturated rings. The number of nitrogens with one attached hydrogen (secondary N) is 1. The Hall–Kier alpha value is -1.79. The molecule has 0 aromatic heterocycles. The molecule has 0 saturated carbocycles. The summed E-state index contributed by atoms with van der Waals surface area (Å²) in [7, 11) is 5.20. The zero-order valence-corrected chi connectivity index (χ0v) is 14.1. The summed E-state index contributed by atoms with van der Waals surface area (Å²) in [6.45, 7) is 3.93. The quantitative estimate of drug-likeness (QED) is 0.816. The van der Waals surface area contributed by atoms with Crippen LogP contribution in [0.5, 0.6) is 0 Å². The monoisotopic (exact) mass is 327 g/mol. The molecule has 0 aliphatic carbocycles. The SMILES string of the molecule is CCN(CCN(C)C)C(=O)Nc1ccc(C(=O)OC)c(Cl)c1. The van der Waals surface area contributed by atoms with Crippen LogP contribution in [0.4, 0.5) is 10.5 Å². The second-order valence-corrected chi connectivity index (χ2v) is 5.41. The molecule has 7 heteroatoms. The van der Waals surface area contributed by atoms with Crippen LogP contribution in [-0.4, -0.2) is 62.6 Å². The predicted octanol–water partition coefficient (Wildman–Crippen LogP) is 2.54. The lowest BCUT2D eigenvalue weighted by atomic mass is 10.2. The first-order valence-electron chi connectivity index (χ1n) is 6.97. The van der Waals surface area contributed by atoms with Crippen molar-refractivity contribution in [2.75, 3.05) is 46.2 Å². The number of likely N-dealkylation sites (N-methyl/N-ethyl adjacent to an activating group) is 2. The number of rotatable bonds is 6. The zero-order valence-electron chi connectivity index (χ0n) is 13.4. The van der Waals surface area contributed by atoms with E-state index < -0.39 is 5.97 Å². The summed E-state index contributed by atoms with van der Waals surface area (Å²) >= 11 is 6.03. The minimum Gasteiger partial charge on any atom is -0.465 e. The van der Waals surface area contributed by atoms with E-state index in [0.29, 0.717) is 18.8 Å². The van der Waals surface area contributed by atoms with Gasteiger partial charge in [-0.1, -0.05) is 11.6 Å². The van der Waals surface area contributed by atoms with Gasteiger partial charge in [-0.15, -0.1) is 0 Å². The Balaban J connectivity index is 2.75. The molecule has 0 saturated heterocycles. The van der Waals surface area contributed by atoms with E-state index in [1.807, 2.05) is 25.9 Å². The highest BCUT2D eigenvalue weighted by molar-refractivity contribution is 6.33. The lowest BCUT2D eigenvalue weighted by molar-refractivity contribution is 0.0601. The van der Waals surface area contributed by atoms with E-state index in [9.17, 15) is 9.59 Å². The molecule has 0 aliphatic rings. The largest absolute Gasteiger partial charge is 0.465 e. The molecular weight excluding hydrogens is 306 g/mol. The summed E-state index contributed by atoms with van der Waals surface area (Å²) in [5.74, 6) is -0.510. The number of benzene rings is 1. The first-order chi connectivity index (χ1) is 10.4. The van der Waals surface area contributed by atoms with Gasteiger partial charge < -0.3 is 19.9 Å². The molecule has 1 N–H and O–H groups in total. The Bertz CT molecular complexity index is 535. The van der Waals surface area contributed by atoms with Crippen LogP contribution in [0.1, 0.15) is 17.3 Å². The summed E-state index contributed by atoms with van der Waals surface area (Å²) in [6, 6.07) is 4.48. The van der Waals surface area contributed by atoms with Gasteiger partial charge in [0.2, 0.25) is 0 Å². The van der Waals surface area contributed by atoms with E-state index in [-0.39, 0.29) is 16.6 Å². The van der Waals surface area contributed by atoms with Crippen LogP contribution in [0.25, 0.3) is 0 Å². The zero-order chi connectivity index (χ0) is 16.7. The van der Waals surface area contributed by atoms with Gasteiger partial charge in [0.25, 0.3) is 0 Å². The summed E-state index contributed by atoms with van der Waals surface area (Å²) in [5, 5.41) is 3.01. The molecule has 1 aromatic rings. The maximum Gasteiger partial charge on any atom is 0.339 e. The number of hydrogen-bond acceptors (Lipinski definition) is 4. The fourth-order valence-electron chi connectivity index (χ4n) is 1.79. The third-order valence-electron chi connectivity index (χ3n) is 3.11. The highest BCUT2D eigenvalue weighted by Crippen LogP contribution is 2.22. The van der Waals surface area contributed by atoms with E-state index >= 15 is 0 Å². The first kappa shape index (κ1) is 18.3. The van der Waals surface area contributed by atoms with Crippen LogP contribution in [0, 0.1) is 0 Å². The van der Waals surface area contributed by atoms with Gasteiger partial charge in [-0.05, 0) is 39.2 Å². The number of halogens is 1. The van der Waals surface area contributed by atoms with Crippen molar-refractivity contribution in [1.82, 2.24) is 9.80 Å². The molecule has 0 unspecified atom stereocenters. The van der Waals surface area contributed by atoms with E-state index in [4.69, 9.17) is 11.6 Å². The van der Waals surface area contributed by atoms with Crippen molar-refractivity contribution < 1.29 is 14.3 Å². The van der Waals surface area contributed by atoms with Crippen LogP contribution in [-0.2, 0) is 4.74 Å². The molecule has 0 radical (unpaired) electrons. The number of urea groups is 1. The highest BCUT2D eigenvalue weighted by Gasteiger charge is 2.14. The Labute approximate surface area is 136 Å². The number of methoxy groups -OCH3 is 1. The molecular formula is C15H22ClN3O3. The number of esters is 1. The number of hydrogen-bond donors (Lipinski definition) is 1. The molecule has 0 aliphatic heterocycles. The minimum absolute atomic E-state index is 0.203. The topological polar surface area (TPSA) is 61.9 Å². The van der Waals surface area contributed by atoms with Gasteiger partial charge in [0.05, 0.1) is 17.7 Å². The number of ether oxygens (including phenoxy) is 1. The molecule has 1 aromatic carbocycles. The van der Waals surface area contributed by atoms with E-state index in [1.165, 1.54) is 19.2 Å². The van der Waals surface area contributed by atoms with Crippen molar-refractivity contribution in [1.29, 1.82) is 0 Å². The van der Waals surface area contributed by atoms with Crippen molar-refractivity contribution in [2.24, 2.45) is 0 Å². The van der Waals surface area contributed by atoms with Gasteiger partial charge in [0.15, 0.2) is 0 Å². The molecule has 122 valence electrons. The van der Waals surface area contributed by atoms with Gasteiger partial charge in [-0.2, -0.15) is 0 Å². The van der Waals surface area contributed by atoms with Crippen LogP contribution in [0.3, 0.4) is 0 Å². The van der Waals surface area contributed by atoms with Crippen molar-refractivity contribution >= 4 is 29.3 Å². The first-order valence-corrected chi connectivity index (χ1v) is 7.35. The van der Waals surface area contributed by atoms with Crippen LogP contribution in [0.2, 0.25) is 5.02 Å². The number of carbonyl (C=O) groups is 2. The molecule has 0 spiro atoms. The van der Waals surface area contributed by atoms with E-state index in [2.05, 4.69) is 10.1 Å². The molecule has 0 atom stereocenters. The van der Waals surface area contributed by atoms with Crippen LogP contribution < -0.4 is 5.32 Å². The van der Waals surface area contributed by atoms with Crippen LogP contribution >= 0.6 is 11.6 Å². The van der Waals surface area contributed by atoms with Gasteiger partial charge in [-0.25, -0.2) is 9.59 Å². The fraction of sp³-hybridized carbons (Fsp3) is 0.467. The summed E-state index contributed by atoms with van der Waals surface area (Å²) in [5.41, 5.74) is 0.799. The fourth-order valence-corrected chi connectivity index (χ4v) is 2.05. The average molecular weight is 328 g/mol. The van der Waals surface area contributed by atoms with Gasteiger partial charge in [-0.3, -0.25) is 0 Å². The standard InChI is InChI=1S/C15H22ClN3O3/c1-5-19(9-8-18(2)3)15(21)17-11-6-7-12(13(16)10-11)14(20)22-4/h6-7,10H,5,8-9H2,1-4H3,(H,17,21). The molecule has 22 heavy (non-hydrogen) atoms. The normalized spacial score (nSPS) is 10.5. The number of anilines is 1. The lowest BCUT2D eigenvalue weighted by Crippen LogP contribution is -2.39. The van der Waals surface area contributed by atoms with Crippen LogP contribution in [0.15, 0.2) is 18.2 Å². The number of carbonyl (C=O) groups excluding carboxylic acids is 2. The second kappa shape index (κ2) is 8.60. The van der Waals surface area contributed by atoms with E-state index in [1.54, 1.807) is 11.0 Å². The van der Waals surface area contributed by atoms with Crippen molar-refractivity contribution in [3.63, 3.8) is 0 Å². The lowest BCUT2D eigenvalue weighted by Gasteiger charge is -2.23. The molecule has 0 bridgehead atoms. The molecule has 0 heterocycles. The predicted molar refractivity (Wildman–Crippen MR) is 87.6 cm³/mol. The summed E-state index contributed by atoms with van der Waals surface area (Å²) in [6.07, 6.45) is 0. The van der Waals surface area contributed by atoms with Crippen molar-refractivity contribution in [2.45, 2.75) is 6.92 Å². The Kier molecular flexibility index (Phi) is 7.14. The van der Waals surface area contributed by atoms with E-state index in [0.717, 1.165) is 6.54 Å². The average Bonchev–Trinajstić information content (AvgIpc) is 2.47. The van der Waals surface area contributed by atoms with Crippen molar-refractivity contribution in [3.05, 3.63) is 28.8 Å². The Morgan fingerprint density at radius 1 is 1.27 bits per heavy atom. The Morgan fingerprint density at radius 3 is 2.45 bits per heavy atom. The second-order valence-electron chi connectivity index (χ2n) is 5.00. The third kappa shape index (κ3) is 5.20. The third-order valence-corrected chi connectivity index (χ3v) is 3.42. The number of nitrogens with zero attached hydrogens (tertiary/aromatic N) is 2. The van der Waals surface area contributed by atoms with Gasteiger partial charge >= 0.3 is 12.0 Å². The maximum absolute atomic E-state index is 12.2. The minimum atomic E-state index is -0.510. The maximum atomic E-state index is 12.2. The number of amides is 2.